The minimum absolute atomic E-state index is 0.0370. The number of hydrogen-bond donors (Lipinski definition) is 1. The summed E-state index contributed by atoms with van der Waals surface area (Å²) in [6.45, 7) is 2.87. The predicted molar refractivity (Wildman–Crippen MR) is 95.3 cm³/mol. The number of halogens is 5. The molecule has 1 N–H and O–H groups in total. The molecule has 1 aliphatic rings. The number of alkyl halides is 3. The largest absolute Gasteiger partial charge is 0.433 e. The van der Waals surface area contributed by atoms with Gasteiger partial charge in [-0.2, -0.15) is 13.2 Å². The van der Waals surface area contributed by atoms with Crippen molar-refractivity contribution in [3.8, 4) is 0 Å². The molecule has 1 aromatic carbocycles. The molecule has 1 saturated heterocycles. The van der Waals surface area contributed by atoms with Gasteiger partial charge >= 0.3 is 6.18 Å². The van der Waals surface area contributed by atoms with Gasteiger partial charge in [0.15, 0.2) is 0 Å². The second kappa shape index (κ2) is 8.27. The van der Waals surface area contributed by atoms with Crippen molar-refractivity contribution < 1.29 is 26.7 Å². The third kappa shape index (κ3) is 4.78. The minimum atomic E-state index is -4.56. The van der Waals surface area contributed by atoms with Crippen molar-refractivity contribution in [2.24, 2.45) is 0 Å². The van der Waals surface area contributed by atoms with Crippen LogP contribution in [0.25, 0.3) is 0 Å². The Labute approximate surface area is 163 Å². The van der Waals surface area contributed by atoms with Gasteiger partial charge in [0.25, 0.3) is 0 Å². The normalized spacial score (nSPS) is 16.6. The molecule has 2 heterocycles. The zero-order valence-corrected chi connectivity index (χ0v) is 15.4. The smallest absolute Gasteiger partial charge is 0.338 e. The van der Waals surface area contributed by atoms with E-state index in [1.54, 1.807) is 16.7 Å². The fourth-order valence-electron chi connectivity index (χ4n) is 2.98. The molecule has 156 valence electrons. The van der Waals surface area contributed by atoms with Crippen LogP contribution in [0.2, 0.25) is 0 Å². The van der Waals surface area contributed by atoms with E-state index in [4.69, 9.17) is 0 Å². The molecule has 0 spiro atoms. The van der Waals surface area contributed by atoms with Crippen LogP contribution in [0.4, 0.5) is 33.6 Å². The number of nitrogens with one attached hydrogen (secondary N) is 1. The van der Waals surface area contributed by atoms with Gasteiger partial charge in [0.1, 0.15) is 23.0 Å². The lowest BCUT2D eigenvalue weighted by atomic mass is 10.2. The molecule has 1 atom stereocenters. The molecule has 1 fully saturated rings. The van der Waals surface area contributed by atoms with Gasteiger partial charge in [0.05, 0.1) is 6.04 Å². The fourth-order valence-corrected chi connectivity index (χ4v) is 2.98. The van der Waals surface area contributed by atoms with Crippen molar-refractivity contribution in [3.63, 3.8) is 0 Å². The van der Waals surface area contributed by atoms with Crippen molar-refractivity contribution in [2.45, 2.75) is 19.1 Å². The molecule has 0 unspecified atom stereocenters. The Morgan fingerprint density at radius 1 is 1.10 bits per heavy atom. The second-order valence-corrected chi connectivity index (χ2v) is 6.52. The third-order valence-electron chi connectivity index (χ3n) is 4.67. The van der Waals surface area contributed by atoms with Gasteiger partial charge in [-0.25, -0.2) is 18.7 Å². The number of aromatic nitrogens is 2. The van der Waals surface area contributed by atoms with Gasteiger partial charge < -0.3 is 10.2 Å². The molecule has 0 bridgehead atoms. The topological polar surface area (TPSA) is 61.4 Å². The number of carbonyl (C=O) groups is 1. The maximum Gasteiger partial charge on any atom is 0.433 e. The predicted octanol–water partition coefficient (Wildman–Crippen LogP) is 2.92. The standard InChI is InChI=1S/C18H18F5N5O/c1-11(16(29)26-15-12(19)3-2-4-13(15)20)27-7-9-28(10-8-27)17-24-6-5-14(25-17)18(21,22)23/h2-6,11H,7-10H2,1H3,(H,26,29)/t11-/m0/s1. The molecule has 11 heteroatoms. The van der Waals surface area contributed by atoms with E-state index in [9.17, 15) is 26.7 Å². The maximum atomic E-state index is 13.7. The number of carbonyl (C=O) groups excluding carboxylic acids is 1. The Kier molecular flexibility index (Phi) is 5.96. The Morgan fingerprint density at radius 2 is 1.72 bits per heavy atom. The number of piperazine rings is 1. The first-order chi connectivity index (χ1) is 13.7. The van der Waals surface area contributed by atoms with Gasteiger partial charge in [-0.05, 0) is 25.1 Å². The van der Waals surface area contributed by atoms with E-state index in [1.165, 1.54) is 6.07 Å². The van der Waals surface area contributed by atoms with E-state index in [1.807, 2.05) is 0 Å². The summed E-state index contributed by atoms with van der Waals surface area (Å²) in [6.07, 6.45) is -3.51. The van der Waals surface area contributed by atoms with Crippen LogP contribution in [0, 0.1) is 11.6 Å². The van der Waals surface area contributed by atoms with Crippen LogP contribution >= 0.6 is 0 Å². The van der Waals surface area contributed by atoms with Gasteiger partial charge in [-0.3, -0.25) is 9.69 Å². The van der Waals surface area contributed by atoms with Gasteiger partial charge in [-0.15, -0.1) is 0 Å². The van der Waals surface area contributed by atoms with Crippen LogP contribution in [0.15, 0.2) is 30.5 Å². The molecular formula is C18H18F5N5O. The zero-order chi connectivity index (χ0) is 21.2. The summed E-state index contributed by atoms with van der Waals surface area (Å²) in [5, 5.41) is 2.25. The van der Waals surface area contributed by atoms with Crippen LogP contribution < -0.4 is 10.2 Å². The first-order valence-electron chi connectivity index (χ1n) is 8.81. The maximum absolute atomic E-state index is 13.7. The van der Waals surface area contributed by atoms with E-state index in [0.29, 0.717) is 26.2 Å². The van der Waals surface area contributed by atoms with Crippen LogP contribution in [0.1, 0.15) is 12.6 Å². The number of rotatable bonds is 4. The van der Waals surface area contributed by atoms with E-state index in [2.05, 4.69) is 15.3 Å². The lowest BCUT2D eigenvalue weighted by Gasteiger charge is -2.37. The van der Waals surface area contributed by atoms with E-state index >= 15 is 0 Å². The number of hydrogen-bond acceptors (Lipinski definition) is 5. The molecule has 2 aromatic rings. The number of amides is 1. The molecular weight excluding hydrogens is 397 g/mol. The Balaban J connectivity index is 1.61. The quantitative estimate of drug-likeness (QED) is 0.779. The van der Waals surface area contributed by atoms with E-state index < -0.39 is 41.1 Å². The first-order valence-corrected chi connectivity index (χ1v) is 8.81. The van der Waals surface area contributed by atoms with Crippen LogP contribution in [0.3, 0.4) is 0 Å². The summed E-state index contributed by atoms with van der Waals surface area (Å²) in [5.74, 6) is -2.38. The van der Waals surface area contributed by atoms with Crippen LogP contribution in [-0.4, -0.2) is 53.0 Å². The summed E-state index contributed by atoms with van der Waals surface area (Å²) >= 11 is 0. The molecule has 29 heavy (non-hydrogen) atoms. The lowest BCUT2D eigenvalue weighted by Crippen LogP contribution is -2.53. The summed E-state index contributed by atoms with van der Waals surface area (Å²) in [7, 11) is 0. The molecule has 1 aromatic heterocycles. The first kappa shape index (κ1) is 20.9. The Morgan fingerprint density at radius 3 is 2.31 bits per heavy atom. The number of benzene rings is 1. The van der Waals surface area contributed by atoms with Crippen LogP contribution in [-0.2, 0) is 11.0 Å². The number of nitrogens with zero attached hydrogens (tertiary/aromatic N) is 4. The van der Waals surface area contributed by atoms with E-state index in [-0.39, 0.29) is 5.95 Å². The summed E-state index contributed by atoms with van der Waals surface area (Å²) < 4.78 is 65.8. The van der Waals surface area contributed by atoms with Gasteiger partial charge in [-0.1, -0.05) is 6.07 Å². The molecule has 0 aliphatic carbocycles. The third-order valence-corrected chi connectivity index (χ3v) is 4.67. The lowest BCUT2D eigenvalue weighted by molar-refractivity contribution is -0.141. The number of para-hydroxylation sites is 1. The fraction of sp³-hybridized carbons (Fsp3) is 0.389. The average Bonchev–Trinajstić information content (AvgIpc) is 2.70. The molecule has 6 nitrogen and oxygen atoms in total. The SMILES string of the molecule is C[C@@H](C(=O)Nc1c(F)cccc1F)N1CCN(c2nccc(C(F)(F)F)n2)CC1. The molecule has 1 amide bonds. The van der Waals surface area contributed by atoms with Gasteiger partial charge in [0.2, 0.25) is 11.9 Å². The zero-order valence-electron chi connectivity index (χ0n) is 15.4. The molecule has 0 saturated carbocycles. The highest BCUT2D eigenvalue weighted by molar-refractivity contribution is 5.94. The number of anilines is 2. The minimum Gasteiger partial charge on any atom is -0.338 e. The summed E-state index contributed by atoms with van der Waals surface area (Å²) in [5.41, 5.74) is -1.54. The highest BCUT2D eigenvalue weighted by Crippen LogP contribution is 2.28. The summed E-state index contributed by atoms with van der Waals surface area (Å²) in [4.78, 5) is 23.2. The van der Waals surface area contributed by atoms with Crippen molar-refractivity contribution >= 4 is 17.5 Å². The highest BCUT2D eigenvalue weighted by atomic mass is 19.4. The van der Waals surface area contributed by atoms with Crippen molar-refractivity contribution in [2.75, 3.05) is 36.4 Å². The Hall–Kier alpha value is -2.82. The molecule has 1 aliphatic heterocycles. The van der Waals surface area contributed by atoms with Crippen molar-refractivity contribution in [1.29, 1.82) is 0 Å². The van der Waals surface area contributed by atoms with Gasteiger partial charge in [0, 0.05) is 32.4 Å². The monoisotopic (exact) mass is 415 g/mol. The molecule has 0 radical (unpaired) electrons. The Bertz CT molecular complexity index is 863. The molecule has 3 rings (SSSR count). The van der Waals surface area contributed by atoms with E-state index in [0.717, 1.165) is 24.4 Å². The van der Waals surface area contributed by atoms with Crippen LogP contribution in [0.5, 0.6) is 0 Å². The van der Waals surface area contributed by atoms with Crippen molar-refractivity contribution in [3.05, 3.63) is 47.8 Å². The second-order valence-electron chi connectivity index (χ2n) is 6.52. The van der Waals surface area contributed by atoms with Crippen molar-refractivity contribution in [1.82, 2.24) is 14.9 Å². The highest BCUT2D eigenvalue weighted by Gasteiger charge is 2.34. The summed E-state index contributed by atoms with van der Waals surface area (Å²) in [6, 6.07) is 3.37. The average molecular weight is 415 g/mol.